The van der Waals surface area contributed by atoms with Gasteiger partial charge in [-0.2, -0.15) is 18.3 Å². The molecule has 0 aliphatic heterocycles. The minimum absolute atomic E-state index is 0.0630. The van der Waals surface area contributed by atoms with Gasteiger partial charge in [0, 0.05) is 0 Å². The van der Waals surface area contributed by atoms with Crippen molar-refractivity contribution in [3.05, 3.63) is 46.5 Å². The number of ether oxygens (including phenoxy) is 1. The lowest BCUT2D eigenvalue weighted by molar-refractivity contribution is -0.148. The maximum absolute atomic E-state index is 14.5. The van der Waals surface area contributed by atoms with Gasteiger partial charge < -0.3 is 14.4 Å². The average Bonchev–Trinajstić information content (AvgIpc) is 3.29. The van der Waals surface area contributed by atoms with Crippen LogP contribution >= 0.6 is 11.6 Å². The summed E-state index contributed by atoms with van der Waals surface area (Å²) in [7, 11) is 1.01. The number of alkyl halides is 3. The van der Waals surface area contributed by atoms with E-state index in [0.717, 1.165) is 24.1 Å². The third kappa shape index (κ3) is 3.65. The summed E-state index contributed by atoms with van der Waals surface area (Å²) in [4.78, 5) is 12.5. The van der Waals surface area contributed by atoms with Gasteiger partial charge in [-0.3, -0.25) is 4.68 Å². The van der Waals surface area contributed by atoms with Gasteiger partial charge in [-0.25, -0.2) is 9.18 Å². The first-order valence-electron chi connectivity index (χ1n) is 9.34. The summed E-state index contributed by atoms with van der Waals surface area (Å²) >= 11 is 6.05. The summed E-state index contributed by atoms with van der Waals surface area (Å²) in [6, 6.07) is 3.00. The molecule has 1 aromatic carbocycles. The molecule has 3 aromatic rings. The normalized spacial score (nSPS) is 20.8. The van der Waals surface area contributed by atoms with Crippen LogP contribution in [0.3, 0.4) is 0 Å². The van der Waals surface area contributed by atoms with Crippen LogP contribution in [0.5, 0.6) is 0 Å². The van der Waals surface area contributed by atoms with Gasteiger partial charge in [-0.1, -0.05) is 22.8 Å². The summed E-state index contributed by atoms with van der Waals surface area (Å²) in [5, 5.41) is 17.3. The summed E-state index contributed by atoms with van der Waals surface area (Å²) in [5.74, 6) is -2.54. The van der Waals surface area contributed by atoms with E-state index in [2.05, 4.69) is 10.3 Å². The second-order valence-electron chi connectivity index (χ2n) is 7.73. The summed E-state index contributed by atoms with van der Waals surface area (Å²) < 4.78 is 67.1. The van der Waals surface area contributed by atoms with Gasteiger partial charge in [0.2, 0.25) is 0 Å². The third-order valence-electron chi connectivity index (χ3n) is 5.29. The Hall–Kier alpha value is -2.92. The Labute approximate surface area is 183 Å². The monoisotopic (exact) mass is 473 g/mol. The van der Waals surface area contributed by atoms with Crippen LogP contribution in [0.1, 0.15) is 41.9 Å². The topological polar surface area (TPSA) is 90.4 Å². The van der Waals surface area contributed by atoms with Crippen LogP contribution < -0.4 is 0 Å². The fourth-order valence-electron chi connectivity index (χ4n) is 3.88. The van der Waals surface area contributed by atoms with Crippen molar-refractivity contribution in [3.63, 3.8) is 0 Å². The van der Waals surface area contributed by atoms with Gasteiger partial charge in [0.15, 0.2) is 11.5 Å². The number of carbonyl (C=O) groups excluding carboxylic acids is 1. The zero-order valence-electron chi connectivity index (χ0n) is 16.7. The predicted octanol–water partition coefficient (Wildman–Crippen LogP) is 4.89. The van der Waals surface area contributed by atoms with Crippen LogP contribution in [0.2, 0.25) is 5.02 Å². The van der Waals surface area contributed by atoms with E-state index in [9.17, 15) is 27.5 Å². The van der Waals surface area contributed by atoms with Gasteiger partial charge in [0.05, 0.1) is 41.1 Å². The van der Waals surface area contributed by atoms with Crippen molar-refractivity contribution in [2.24, 2.45) is 0 Å². The highest BCUT2D eigenvalue weighted by molar-refractivity contribution is 6.33. The highest BCUT2D eigenvalue weighted by Crippen LogP contribution is 2.47. The Morgan fingerprint density at radius 3 is 2.62 bits per heavy atom. The Morgan fingerprint density at radius 2 is 2.06 bits per heavy atom. The molecule has 170 valence electrons. The quantitative estimate of drug-likeness (QED) is 0.428. The minimum Gasteiger partial charge on any atom is -0.465 e. The molecule has 0 spiro atoms. The van der Waals surface area contributed by atoms with Crippen molar-refractivity contribution in [2.45, 2.75) is 37.6 Å². The number of halogens is 5. The number of esters is 1. The molecule has 0 unspecified atom stereocenters. The average molecular weight is 474 g/mol. The van der Waals surface area contributed by atoms with Crippen molar-refractivity contribution >= 4 is 17.6 Å². The van der Waals surface area contributed by atoms with E-state index in [1.165, 1.54) is 19.1 Å². The van der Waals surface area contributed by atoms with Crippen LogP contribution in [-0.4, -0.2) is 38.7 Å². The van der Waals surface area contributed by atoms with Crippen LogP contribution in [0.25, 0.3) is 22.6 Å². The van der Waals surface area contributed by atoms with Gasteiger partial charge in [-0.05, 0) is 31.9 Å². The molecular weight excluding hydrogens is 458 g/mol. The third-order valence-corrected chi connectivity index (χ3v) is 5.60. The molecule has 7 nitrogen and oxygen atoms in total. The molecule has 1 aliphatic rings. The molecule has 1 saturated carbocycles. The number of methoxy groups -OCH3 is 1. The first-order chi connectivity index (χ1) is 14.9. The standard InChI is InChI=1S/C20H16ClF4N3O4/c1-19(30)6-9(7-19)28-17(20(23,24)25)10(8-26-28)16-14(18(29)31-2)15(27-32-16)13-11(21)4-3-5-12(13)22/h3-5,8-9,30H,6-7H2,1-2H3. The fraction of sp³-hybridized carbons (Fsp3) is 0.350. The molecule has 0 bridgehead atoms. The Morgan fingerprint density at radius 1 is 1.38 bits per heavy atom. The molecule has 0 atom stereocenters. The SMILES string of the molecule is COC(=O)c1c(-c2c(F)cccc2Cl)noc1-c1cnn(C2CC(C)(O)C2)c1C(F)(F)F. The number of aliphatic hydroxyl groups is 1. The Kier molecular flexibility index (Phi) is 5.29. The van der Waals surface area contributed by atoms with E-state index >= 15 is 0 Å². The van der Waals surface area contributed by atoms with E-state index in [1.54, 1.807) is 0 Å². The molecule has 2 aromatic heterocycles. The lowest BCUT2D eigenvalue weighted by atomic mass is 9.77. The minimum atomic E-state index is -4.89. The van der Waals surface area contributed by atoms with Gasteiger partial charge in [-0.15, -0.1) is 0 Å². The Balaban J connectivity index is 1.93. The van der Waals surface area contributed by atoms with Crippen molar-refractivity contribution < 1.29 is 36.7 Å². The van der Waals surface area contributed by atoms with Gasteiger partial charge in [0.1, 0.15) is 17.1 Å². The van der Waals surface area contributed by atoms with Crippen molar-refractivity contribution in [2.75, 3.05) is 7.11 Å². The molecule has 1 aliphatic carbocycles. The number of rotatable bonds is 4. The molecule has 2 heterocycles. The molecular formula is C20H16ClF4N3O4. The lowest BCUT2D eigenvalue weighted by Crippen LogP contribution is -2.43. The van der Waals surface area contributed by atoms with E-state index in [0.29, 0.717) is 0 Å². The van der Waals surface area contributed by atoms with Gasteiger partial charge in [0.25, 0.3) is 0 Å². The number of benzene rings is 1. The molecule has 12 heteroatoms. The fourth-order valence-corrected chi connectivity index (χ4v) is 4.13. The first-order valence-corrected chi connectivity index (χ1v) is 9.72. The van der Waals surface area contributed by atoms with Crippen molar-refractivity contribution in [1.29, 1.82) is 0 Å². The smallest absolute Gasteiger partial charge is 0.433 e. The number of carbonyl (C=O) groups is 1. The lowest BCUT2D eigenvalue weighted by Gasteiger charge is -2.41. The maximum atomic E-state index is 14.5. The number of aromatic nitrogens is 3. The number of hydrogen-bond donors (Lipinski definition) is 1. The van der Waals surface area contributed by atoms with Crippen molar-refractivity contribution in [1.82, 2.24) is 14.9 Å². The predicted molar refractivity (Wildman–Crippen MR) is 103 cm³/mol. The van der Waals surface area contributed by atoms with E-state index < -0.39 is 57.9 Å². The number of hydrogen-bond acceptors (Lipinski definition) is 6. The molecule has 0 saturated heterocycles. The highest BCUT2D eigenvalue weighted by Gasteiger charge is 2.47. The maximum Gasteiger partial charge on any atom is 0.433 e. The molecule has 32 heavy (non-hydrogen) atoms. The molecule has 1 N–H and O–H groups in total. The second kappa shape index (κ2) is 7.59. The summed E-state index contributed by atoms with van der Waals surface area (Å²) in [6.07, 6.45) is -3.88. The zero-order chi connectivity index (χ0) is 23.4. The van der Waals surface area contributed by atoms with Crippen LogP contribution in [0.4, 0.5) is 17.6 Å². The summed E-state index contributed by atoms with van der Waals surface area (Å²) in [6.45, 7) is 1.51. The molecule has 0 radical (unpaired) electrons. The highest BCUT2D eigenvalue weighted by atomic mass is 35.5. The number of nitrogens with zero attached hydrogens (tertiary/aromatic N) is 3. The largest absolute Gasteiger partial charge is 0.465 e. The van der Waals surface area contributed by atoms with E-state index in [1.807, 2.05) is 0 Å². The van der Waals surface area contributed by atoms with E-state index in [4.69, 9.17) is 20.9 Å². The van der Waals surface area contributed by atoms with Crippen LogP contribution in [-0.2, 0) is 10.9 Å². The first kappa shape index (κ1) is 22.3. The Bertz CT molecular complexity index is 1170. The van der Waals surface area contributed by atoms with Crippen molar-refractivity contribution in [3.8, 4) is 22.6 Å². The van der Waals surface area contributed by atoms with E-state index in [-0.39, 0.29) is 23.4 Å². The zero-order valence-corrected chi connectivity index (χ0v) is 17.5. The molecule has 0 amide bonds. The molecule has 4 rings (SSSR count). The van der Waals surface area contributed by atoms with Crippen LogP contribution in [0, 0.1) is 5.82 Å². The second-order valence-corrected chi connectivity index (χ2v) is 8.14. The summed E-state index contributed by atoms with van der Waals surface area (Å²) in [5.41, 5.74) is -4.10. The van der Waals surface area contributed by atoms with Crippen LogP contribution in [0.15, 0.2) is 28.9 Å². The molecule has 1 fully saturated rings. The van der Waals surface area contributed by atoms with Gasteiger partial charge >= 0.3 is 12.1 Å².